The molecule has 310 valence electrons. The van der Waals surface area contributed by atoms with E-state index >= 15 is 0 Å². The van der Waals surface area contributed by atoms with Crippen molar-refractivity contribution in [2.24, 2.45) is 0 Å². The van der Waals surface area contributed by atoms with Gasteiger partial charge >= 0.3 is 0 Å². The molecule has 0 aromatic heterocycles. The fourth-order valence-electron chi connectivity index (χ4n) is 9.84. The summed E-state index contributed by atoms with van der Waals surface area (Å²) in [6.45, 7) is 32.7. The van der Waals surface area contributed by atoms with Gasteiger partial charge in [0.1, 0.15) is 0 Å². The molecule has 0 saturated heterocycles. The van der Waals surface area contributed by atoms with Gasteiger partial charge in [-0.25, -0.2) is 0 Å². The molecule has 0 aliphatic rings. The highest BCUT2D eigenvalue weighted by molar-refractivity contribution is 6.57. The molecule has 0 fully saturated rings. The van der Waals surface area contributed by atoms with Crippen LogP contribution in [-0.2, 0) is 18.3 Å². The minimum absolute atomic E-state index is 0.0456. The summed E-state index contributed by atoms with van der Waals surface area (Å²) in [5, 5.41) is 1.61. The molecule has 7 aromatic rings. The van der Waals surface area contributed by atoms with Gasteiger partial charge < -0.3 is 0 Å². The molecule has 0 aliphatic carbocycles. The molecule has 0 spiro atoms. The first-order chi connectivity index (χ1) is 28.8. The zero-order valence-electron chi connectivity index (χ0n) is 39.5. The zero-order chi connectivity index (χ0) is 44.0. The van der Waals surface area contributed by atoms with E-state index in [-0.39, 0.29) is 10.5 Å². The maximum Gasteiger partial charge on any atom is 0.0876 e. The van der Waals surface area contributed by atoms with E-state index < -0.39 is 0 Å². The van der Waals surface area contributed by atoms with Crippen LogP contribution in [0.25, 0.3) is 44.5 Å². The van der Waals surface area contributed by atoms with Crippen molar-refractivity contribution >= 4 is 14.7 Å². The first-order valence-corrected chi connectivity index (χ1v) is 23.3. The highest BCUT2D eigenvalue weighted by Crippen LogP contribution is 2.42. The quantitative estimate of drug-likeness (QED) is 0.127. The van der Waals surface area contributed by atoms with Crippen LogP contribution in [-0.4, -0.2) is 9.52 Å². The fourth-order valence-corrected chi connectivity index (χ4v) is 11.2. The SMILES string of the molecule is Cc1cccc(C)c1-c1cccc(-c2c(C)cccc2C)c1Cc1cc(C(C)(C)C)cc(Cc2c(-c3c(C)cccc3C)cccc2-c2c(C)cccc2C)c1[Si]C(C)(C)C. The zero-order valence-corrected chi connectivity index (χ0v) is 40.5. The Labute approximate surface area is 371 Å². The average molecular weight is 815 g/mol. The van der Waals surface area contributed by atoms with Crippen molar-refractivity contribution in [1.82, 2.24) is 0 Å². The van der Waals surface area contributed by atoms with E-state index in [1.165, 1.54) is 122 Å². The van der Waals surface area contributed by atoms with Crippen LogP contribution in [0.5, 0.6) is 0 Å². The lowest BCUT2D eigenvalue weighted by molar-refractivity contribution is 0.589. The lowest BCUT2D eigenvalue weighted by atomic mass is 9.79. The van der Waals surface area contributed by atoms with Crippen LogP contribution in [0.3, 0.4) is 0 Å². The minimum Gasteiger partial charge on any atom is -0.0627 e. The third kappa shape index (κ3) is 9.05. The highest BCUT2D eigenvalue weighted by Gasteiger charge is 2.27. The predicted molar refractivity (Wildman–Crippen MR) is 268 cm³/mol. The van der Waals surface area contributed by atoms with Crippen LogP contribution in [0.4, 0.5) is 0 Å². The summed E-state index contributed by atoms with van der Waals surface area (Å²) in [6.07, 6.45) is 1.70. The summed E-state index contributed by atoms with van der Waals surface area (Å²) in [5.74, 6) is 0. The Kier molecular flexibility index (Phi) is 12.4. The summed E-state index contributed by atoms with van der Waals surface area (Å²) in [7, 11) is 0.629. The van der Waals surface area contributed by atoms with Crippen molar-refractivity contribution in [3.63, 3.8) is 0 Å². The van der Waals surface area contributed by atoms with E-state index in [0.29, 0.717) is 9.52 Å². The largest absolute Gasteiger partial charge is 0.0876 e. The van der Waals surface area contributed by atoms with E-state index in [0.717, 1.165) is 12.8 Å². The van der Waals surface area contributed by atoms with Gasteiger partial charge in [0.25, 0.3) is 0 Å². The lowest BCUT2D eigenvalue weighted by Crippen LogP contribution is -2.32. The average Bonchev–Trinajstić information content (AvgIpc) is 3.16. The first-order valence-electron chi connectivity index (χ1n) is 22.3. The topological polar surface area (TPSA) is 0 Å². The Balaban J connectivity index is 1.57. The second kappa shape index (κ2) is 17.3. The molecule has 0 atom stereocenters. The Morgan fingerprint density at radius 3 is 0.836 bits per heavy atom. The molecule has 0 heterocycles. The molecule has 2 radical (unpaired) electrons. The Morgan fingerprint density at radius 1 is 0.361 bits per heavy atom. The molecule has 0 saturated carbocycles. The van der Waals surface area contributed by atoms with Crippen molar-refractivity contribution in [2.75, 3.05) is 0 Å². The van der Waals surface area contributed by atoms with Gasteiger partial charge in [-0.15, -0.1) is 0 Å². The molecular weight excluding hydrogens is 749 g/mol. The molecular formula is C60H66Si. The van der Waals surface area contributed by atoms with E-state index in [1.54, 1.807) is 0 Å². The highest BCUT2D eigenvalue weighted by atomic mass is 28.2. The van der Waals surface area contributed by atoms with Crippen LogP contribution < -0.4 is 5.19 Å². The van der Waals surface area contributed by atoms with Gasteiger partial charge in [-0.2, -0.15) is 0 Å². The monoisotopic (exact) mass is 814 g/mol. The van der Waals surface area contributed by atoms with E-state index in [1.807, 2.05) is 0 Å². The van der Waals surface area contributed by atoms with Gasteiger partial charge in [0.2, 0.25) is 0 Å². The molecule has 0 nitrogen and oxygen atoms in total. The van der Waals surface area contributed by atoms with E-state index in [4.69, 9.17) is 0 Å². The van der Waals surface area contributed by atoms with Crippen molar-refractivity contribution in [1.29, 1.82) is 0 Å². The maximum atomic E-state index is 2.59. The lowest BCUT2D eigenvalue weighted by Gasteiger charge is -2.29. The van der Waals surface area contributed by atoms with Crippen LogP contribution in [0.1, 0.15) is 114 Å². The number of aryl methyl sites for hydroxylation is 8. The van der Waals surface area contributed by atoms with Crippen molar-refractivity contribution in [3.05, 3.63) is 194 Å². The summed E-state index contributed by atoms with van der Waals surface area (Å²) in [6, 6.07) is 46.4. The molecule has 0 N–H and O–H groups in total. The van der Waals surface area contributed by atoms with E-state index in [9.17, 15) is 0 Å². The van der Waals surface area contributed by atoms with Crippen molar-refractivity contribution in [3.8, 4) is 44.5 Å². The van der Waals surface area contributed by atoms with Gasteiger partial charge in [-0.1, -0.05) is 168 Å². The molecule has 7 aromatic carbocycles. The van der Waals surface area contributed by atoms with Crippen molar-refractivity contribution in [2.45, 2.75) is 120 Å². The summed E-state index contributed by atoms with van der Waals surface area (Å²) in [4.78, 5) is 0. The van der Waals surface area contributed by atoms with E-state index in [2.05, 4.69) is 218 Å². The van der Waals surface area contributed by atoms with Gasteiger partial charge in [0.15, 0.2) is 0 Å². The molecule has 0 bridgehead atoms. The molecule has 0 amide bonds. The number of rotatable bonds is 9. The first kappa shape index (κ1) is 43.8. The second-order valence-corrected chi connectivity index (χ2v) is 22.1. The number of hydrogen-bond donors (Lipinski definition) is 0. The molecule has 61 heavy (non-hydrogen) atoms. The minimum atomic E-state index is -0.0456. The van der Waals surface area contributed by atoms with Crippen LogP contribution in [0, 0.1) is 55.4 Å². The van der Waals surface area contributed by atoms with Crippen LogP contribution >= 0.6 is 0 Å². The Hall–Kier alpha value is -5.24. The number of benzene rings is 7. The normalized spacial score (nSPS) is 12.0. The Bertz CT molecular complexity index is 2370. The summed E-state index contributed by atoms with van der Waals surface area (Å²) in [5.41, 5.74) is 28.5. The summed E-state index contributed by atoms with van der Waals surface area (Å²) < 4.78 is 0. The molecule has 0 aliphatic heterocycles. The fraction of sp³-hybridized carbons (Fsp3) is 0.300. The van der Waals surface area contributed by atoms with Gasteiger partial charge in [-0.05, 0) is 196 Å². The third-order valence-electron chi connectivity index (χ3n) is 12.8. The van der Waals surface area contributed by atoms with Gasteiger partial charge in [0, 0.05) is 0 Å². The molecule has 0 unspecified atom stereocenters. The third-order valence-corrected chi connectivity index (χ3v) is 14.4. The van der Waals surface area contributed by atoms with Gasteiger partial charge in [-0.3, -0.25) is 0 Å². The second-order valence-electron chi connectivity index (χ2n) is 19.9. The van der Waals surface area contributed by atoms with Crippen LogP contribution in [0.2, 0.25) is 5.04 Å². The standard InChI is InChI=1S/C60H66Si/c1-37-21-15-22-38(2)54(37)48-29-19-30-49(55-39(3)23-16-24-40(55)4)52(48)35-45-33-47(59(9,10)11)34-46(58(45)61-60(12,13)14)36-53-50(56-41(5)25-17-26-42(56)6)31-20-32-51(53)57-43(7)27-18-28-44(57)8/h15-34H,35-36H2,1-14H3. The summed E-state index contributed by atoms with van der Waals surface area (Å²) >= 11 is 0. The van der Waals surface area contributed by atoms with Gasteiger partial charge in [0.05, 0.1) is 9.52 Å². The maximum absolute atomic E-state index is 2.59. The van der Waals surface area contributed by atoms with Crippen LogP contribution in [0.15, 0.2) is 121 Å². The molecule has 1 heteroatoms. The molecule has 7 rings (SSSR count). The number of hydrogen-bond acceptors (Lipinski definition) is 0. The Morgan fingerprint density at radius 2 is 0.607 bits per heavy atom. The smallest absolute Gasteiger partial charge is 0.0627 e. The van der Waals surface area contributed by atoms with Crippen molar-refractivity contribution < 1.29 is 0 Å². The predicted octanol–water partition coefficient (Wildman–Crippen LogP) is 15.8.